The topological polar surface area (TPSA) is 20.3 Å². The molecule has 0 radical (unpaired) electrons. The first kappa shape index (κ1) is 11.9. The fourth-order valence-corrected chi connectivity index (χ4v) is 2.61. The number of carbonyl (C=O) groups is 1. The number of amides is 1. The van der Waals surface area contributed by atoms with Crippen LogP contribution in [0.5, 0.6) is 0 Å². The quantitative estimate of drug-likeness (QED) is 0.812. The average Bonchev–Trinajstić information content (AvgIpc) is 2.75. The van der Waals surface area contributed by atoms with Gasteiger partial charge >= 0.3 is 0 Å². The first-order chi connectivity index (χ1) is 8.18. The van der Waals surface area contributed by atoms with E-state index in [1.807, 2.05) is 37.4 Å². The van der Waals surface area contributed by atoms with E-state index in [1.165, 1.54) is 10.4 Å². The second kappa shape index (κ2) is 5.15. The summed E-state index contributed by atoms with van der Waals surface area (Å²) in [6, 6.07) is 11.5. The van der Waals surface area contributed by atoms with Gasteiger partial charge in [-0.25, -0.2) is 0 Å². The highest BCUT2D eigenvalue weighted by atomic mass is 32.1. The lowest BCUT2D eigenvalue weighted by Crippen LogP contribution is -2.25. The van der Waals surface area contributed by atoms with Crippen molar-refractivity contribution in [2.75, 3.05) is 7.05 Å². The summed E-state index contributed by atoms with van der Waals surface area (Å²) in [4.78, 5) is 15.1. The van der Waals surface area contributed by atoms with Crippen molar-refractivity contribution in [3.63, 3.8) is 0 Å². The van der Waals surface area contributed by atoms with E-state index < -0.39 is 0 Å². The molecule has 0 fully saturated rings. The lowest BCUT2D eigenvalue weighted by molar-refractivity contribution is 0.0786. The highest BCUT2D eigenvalue weighted by molar-refractivity contribution is 7.10. The van der Waals surface area contributed by atoms with Crippen LogP contribution in [0.25, 0.3) is 0 Å². The molecule has 0 aliphatic rings. The molecular formula is C14H15NOS. The van der Waals surface area contributed by atoms with Gasteiger partial charge in [0.2, 0.25) is 0 Å². The predicted molar refractivity (Wildman–Crippen MR) is 71.3 cm³/mol. The third-order valence-electron chi connectivity index (χ3n) is 2.72. The summed E-state index contributed by atoms with van der Waals surface area (Å²) < 4.78 is 0. The van der Waals surface area contributed by atoms with Crippen LogP contribution in [0.15, 0.2) is 41.8 Å². The van der Waals surface area contributed by atoms with E-state index in [2.05, 4.69) is 18.4 Å². The van der Waals surface area contributed by atoms with Gasteiger partial charge < -0.3 is 4.90 Å². The molecule has 0 saturated heterocycles. The summed E-state index contributed by atoms with van der Waals surface area (Å²) in [6.07, 6.45) is 0. The maximum absolute atomic E-state index is 12.1. The zero-order valence-corrected chi connectivity index (χ0v) is 10.8. The van der Waals surface area contributed by atoms with Crippen LogP contribution in [0.3, 0.4) is 0 Å². The minimum absolute atomic E-state index is 0.0680. The van der Waals surface area contributed by atoms with Crippen molar-refractivity contribution in [2.45, 2.75) is 13.5 Å². The summed E-state index contributed by atoms with van der Waals surface area (Å²) >= 11 is 1.70. The molecule has 0 aliphatic heterocycles. The Balaban J connectivity index is 2.09. The Kier molecular flexibility index (Phi) is 3.59. The molecule has 0 atom stereocenters. The first-order valence-electron chi connectivity index (χ1n) is 5.52. The molecule has 0 unspecified atom stereocenters. The fourth-order valence-electron chi connectivity index (χ4n) is 1.65. The van der Waals surface area contributed by atoms with Crippen molar-refractivity contribution in [1.82, 2.24) is 4.90 Å². The third kappa shape index (κ3) is 2.74. The Morgan fingerprint density at radius 3 is 2.53 bits per heavy atom. The van der Waals surface area contributed by atoms with Crippen LogP contribution in [0, 0.1) is 6.92 Å². The number of carbonyl (C=O) groups excluding carboxylic acids is 1. The van der Waals surface area contributed by atoms with E-state index in [-0.39, 0.29) is 5.91 Å². The van der Waals surface area contributed by atoms with Crippen molar-refractivity contribution in [3.8, 4) is 0 Å². The highest BCUT2D eigenvalue weighted by Gasteiger charge is 2.12. The van der Waals surface area contributed by atoms with Gasteiger partial charge in [0.1, 0.15) is 0 Å². The van der Waals surface area contributed by atoms with Gasteiger partial charge in [0, 0.05) is 17.5 Å². The molecule has 2 nitrogen and oxygen atoms in total. The molecule has 1 aromatic heterocycles. The van der Waals surface area contributed by atoms with Crippen LogP contribution in [0.2, 0.25) is 0 Å². The Hall–Kier alpha value is -1.61. The summed E-state index contributed by atoms with van der Waals surface area (Å²) in [5, 5.41) is 2.06. The van der Waals surface area contributed by atoms with Crippen molar-refractivity contribution in [1.29, 1.82) is 0 Å². The summed E-state index contributed by atoms with van der Waals surface area (Å²) in [5.41, 5.74) is 1.99. The van der Waals surface area contributed by atoms with E-state index in [0.717, 1.165) is 5.56 Å². The highest BCUT2D eigenvalue weighted by Crippen LogP contribution is 2.18. The maximum atomic E-state index is 12.1. The van der Waals surface area contributed by atoms with Crippen molar-refractivity contribution in [2.24, 2.45) is 0 Å². The number of rotatable bonds is 3. The molecule has 0 saturated carbocycles. The van der Waals surface area contributed by atoms with Crippen LogP contribution in [0.4, 0.5) is 0 Å². The Bertz CT molecular complexity index is 504. The SMILES string of the molecule is Cc1ccsc1CN(C)C(=O)c1ccccc1. The minimum Gasteiger partial charge on any atom is -0.337 e. The van der Waals surface area contributed by atoms with Gasteiger partial charge in [0.15, 0.2) is 0 Å². The molecule has 17 heavy (non-hydrogen) atoms. The molecule has 2 aromatic rings. The van der Waals surface area contributed by atoms with Gasteiger partial charge in [0.25, 0.3) is 5.91 Å². The second-order valence-corrected chi connectivity index (χ2v) is 5.05. The predicted octanol–water partition coefficient (Wildman–Crippen LogP) is 3.33. The average molecular weight is 245 g/mol. The molecule has 1 aromatic carbocycles. The molecule has 0 N–H and O–H groups in total. The maximum Gasteiger partial charge on any atom is 0.253 e. The van der Waals surface area contributed by atoms with E-state index >= 15 is 0 Å². The zero-order chi connectivity index (χ0) is 12.3. The number of hydrogen-bond acceptors (Lipinski definition) is 2. The van der Waals surface area contributed by atoms with E-state index in [1.54, 1.807) is 16.2 Å². The summed E-state index contributed by atoms with van der Waals surface area (Å²) in [5.74, 6) is 0.0680. The van der Waals surface area contributed by atoms with Crippen molar-refractivity contribution in [3.05, 3.63) is 57.8 Å². The molecular weight excluding hydrogens is 230 g/mol. The Labute approximate surface area is 106 Å². The molecule has 2 rings (SSSR count). The van der Waals surface area contributed by atoms with Gasteiger partial charge in [-0.1, -0.05) is 18.2 Å². The smallest absolute Gasteiger partial charge is 0.253 e. The molecule has 1 heterocycles. The Morgan fingerprint density at radius 2 is 1.94 bits per heavy atom. The number of thiophene rings is 1. The van der Waals surface area contributed by atoms with Crippen LogP contribution >= 0.6 is 11.3 Å². The monoisotopic (exact) mass is 245 g/mol. The number of nitrogens with zero attached hydrogens (tertiary/aromatic N) is 1. The number of hydrogen-bond donors (Lipinski definition) is 0. The van der Waals surface area contributed by atoms with Gasteiger partial charge in [0.05, 0.1) is 6.54 Å². The van der Waals surface area contributed by atoms with E-state index in [4.69, 9.17) is 0 Å². The summed E-state index contributed by atoms with van der Waals surface area (Å²) in [6.45, 7) is 2.75. The van der Waals surface area contributed by atoms with Crippen LogP contribution < -0.4 is 0 Å². The van der Waals surface area contributed by atoms with Gasteiger partial charge in [-0.15, -0.1) is 11.3 Å². The normalized spacial score (nSPS) is 10.2. The largest absolute Gasteiger partial charge is 0.337 e. The fraction of sp³-hybridized carbons (Fsp3) is 0.214. The first-order valence-corrected chi connectivity index (χ1v) is 6.40. The van der Waals surface area contributed by atoms with Crippen molar-refractivity contribution >= 4 is 17.2 Å². The zero-order valence-electron chi connectivity index (χ0n) is 10.0. The van der Waals surface area contributed by atoms with Crippen molar-refractivity contribution < 1.29 is 4.79 Å². The van der Waals surface area contributed by atoms with Crippen LogP contribution in [-0.4, -0.2) is 17.9 Å². The van der Waals surface area contributed by atoms with Crippen LogP contribution in [0.1, 0.15) is 20.8 Å². The molecule has 1 amide bonds. The number of benzene rings is 1. The molecule has 0 spiro atoms. The van der Waals surface area contributed by atoms with Gasteiger partial charge in [-0.2, -0.15) is 0 Å². The third-order valence-corrected chi connectivity index (χ3v) is 3.72. The number of aryl methyl sites for hydroxylation is 1. The molecule has 88 valence electrons. The lowest BCUT2D eigenvalue weighted by Gasteiger charge is -2.16. The van der Waals surface area contributed by atoms with Gasteiger partial charge in [-0.3, -0.25) is 4.79 Å². The second-order valence-electron chi connectivity index (χ2n) is 4.05. The molecule has 0 aliphatic carbocycles. The standard InChI is InChI=1S/C14H15NOS/c1-11-8-9-17-13(11)10-15(2)14(16)12-6-4-3-5-7-12/h3-9H,10H2,1-2H3. The van der Waals surface area contributed by atoms with Crippen LogP contribution in [-0.2, 0) is 6.54 Å². The summed E-state index contributed by atoms with van der Waals surface area (Å²) in [7, 11) is 1.84. The Morgan fingerprint density at radius 1 is 1.24 bits per heavy atom. The van der Waals surface area contributed by atoms with E-state index in [9.17, 15) is 4.79 Å². The minimum atomic E-state index is 0.0680. The van der Waals surface area contributed by atoms with Gasteiger partial charge in [-0.05, 0) is 36.1 Å². The molecule has 3 heteroatoms. The lowest BCUT2D eigenvalue weighted by atomic mass is 10.2. The van der Waals surface area contributed by atoms with E-state index in [0.29, 0.717) is 6.54 Å². The molecule has 0 bridgehead atoms.